The van der Waals surface area contributed by atoms with Gasteiger partial charge in [-0.3, -0.25) is 9.78 Å². The van der Waals surface area contributed by atoms with E-state index in [0.29, 0.717) is 17.4 Å². The Kier molecular flexibility index (Phi) is 6.35. The Morgan fingerprint density at radius 1 is 1.09 bits per heavy atom. The van der Waals surface area contributed by atoms with Crippen molar-refractivity contribution in [3.63, 3.8) is 0 Å². The molecule has 0 atom stereocenters. The zero-order valence-electron chi connectivity index (χ0n) is 20.3. The summed E-state index contributed by atoms with van der Waals surface area (Å²) >= 11 is 0. The number of ether oxygens (including phenoxy) is 1. The molecule has 0 bridgehead atoms. The van der Waals surface area contributed by atoms with Crippen LogP contribution in [0.25, 0.3) is 11.3 Å². The lowest BCUT2D eigenvalue weighted by molar-refractivity contribution is 0.397. The molecule has 35 heavy (non-hydrogen) atoms. The SMILES string of the molecule is COc1ccccc1C1CCN(c2cnn(Cc3c(-c4ccc(C)nc4)noc3C)c(=O)c2)CC1. The lowest BCUT2D eigenvalue weighted by Crippen LogP contribution is -2.34. The Labute approximate surface area is 204 Å². The predicted octanol–water partition coefficient (Wildman–Crippen LogP) is 4.35. The van der Waals surface area contributed by atoms with Gasteiger partial charge in [-0.25, -0.2) is 4.68 Å². The van der Waals surface area contributed by atoms with Crippen LogP contribution in [0, 0.1) is 13.8 Å². The molecule has 5 rings (SSSR count). The highest BCUT2D eigenvalue weighted by molar-refractivity contribution is 5.62. The number of hydrogen-bond donors (Lipinski definition) is 0. The predicted molar refractivity (Wildman–Crippen MR) is 134 cm³/mol. The lowest BCUT2D eigenvalue weighted by Gasteiger charge is -2.34. The summed E-state index contributed by atoms with van der Waals surface area (Å²) in [6, 6.07) is 13.8. The molecule has 1 saturated heterocycles. The minimum absolute atomic E-state index is 0.150. The van der Waals surface area contributed by atoms with Gasteiger partial charge < -0.3 is 14.2 Å². The largest absolute Gasteiger partial charge is 0.496 e. The molecule has 0 saturated carbocycles. The van der Waals surface area contributed by atoms with Gasteiger partial charge in [-0.2, -0.15) is 5.10 Å². The molecule has 0 N–H and O–H groups in total. The number of para-hydroxylation sites is 1. The number of methoxy groups -OCH3 is 1. The summed E-state index contributed by atoms with van der Waals surface area (Å²) in [6.07, 6.45) is 5.54. The topological polar surface area (TPSA) is 86.3 Å². The average Bonchev–Trinajstić information content (AvgIpc) is 3.25. The monoisotopic (exact) mass is 471 g/mol. The number of anilines is 1. The van der Waals surface area contributed by atoms with Gasteiger partial charge in [-0.15, -0.1) is 0 Å². The number of aryl methyl sites for hydroxylation is 2. The van der Waals surface area contributed by atoms with E-state index in [1.807, 2.05) is 38.1 Å². The molecule has 3 aromatic heterocycles. The van der Waals surface area contributed by atoms with Crippen molar-refractivity contribution in [3.8, 4) is 17.0 Å². The number of nitrogens with zero attached hydrogens (tertiary/aromatic N) is 5. The lowest BCUT2D eigenvalue weighted by atomic mass is 9.88. The van der Waals surface area contributed by atoms with E-state index in [1.54, 1.807) is 25.6 Å². The molecule has 0 amide bonds. The normalized spacial score (nSPS) is 14.3. The second kappa shape index (κ2) is 9.74. The van der Waals surface area contributed by atoms with Gasteiger partial charge in [0.1, 0.15) is 17.2 Å². The van der Waals surface area contributed by atoms with Gasteiger partial charge in [0.25, 0.3) is 5.56 Å². The fourth-order valence-corrected chi connectivity index (χ4v) is 4.73. The summed E-state index contributed by atoms with van der Waals surface area (Å²) in [7, 11) is 1.72. The van der Waals surface area contributed by atoms with Crippen molar-refractivity contribution in [1.29, 1.82) is 0 Å². The summed E-state index contributed by atoms with van der Waals surface area (Å²) in [5.74, 6) is 2.05. The van der Waals surface area contributed by atoms with Crippen molar-refractivity contribution in [1.82, 2.24) is 19.9 Å². The summed E-state index contributed by atoms with van der Waals surface area (Å²) in [6.45, 7) is 5.80. The number of benzene rings is 1. The van der Waals surface area contributed by atoms with Gasteiger partial charge in [0.05, 0.1) is 25.5 Å². The summed E-state index contributed by atoms with van der Waals surface area (Å²) in [5, 5.41) is 8.68. The Morgan fingerprint density at radius 2 is 1.89 bits per heavy atom. The van der Waals surface area contributed by atoms with Crippen molar-refractivity contribution in [2.24, 2.45) is 0 Å². The van der Waals surface area contributed by atoms with E-state index >= 15 is 0 Å². The van der Waals surface area contributed by atoms with Crippen LogP contribution >= 0.6 is 0 Å². The van der Waals surface area contributed by atoms with Crippen LogP contribution in [0.2, 0.25) is 0 Å². The quantitative estimate of drug-likeness (QED) is 0.413. The fraction of sp³-hybridized carbons (Fsp3) is 0.333. The van der Waals surface area contributed by atoms with Crippen LogP contribution in [0.1, 0.15) is 41.3 Å². The van der Waals surface area contributed by atoms with Crippen molar-refractivity contribution >= 4 is 5.69 Å². The average molecular weight is 472 g/mol. The molecular formula is C27H29N5O3. The molecule has 0 spiro atoms. The number of piperidine rings is 1. The second-order valence-corrected chi connectivity index (χ2v) is 8.97. The zero-order valence-corrected chi connectivity index (χ0v) is 20.3. The molecule has 8 heteroatoms. The van der Waals surface area contributed by atoms with Gasteiger partial charge in [0.15, 0.2) is 0 Å². The molecular weight excluding hydrogens is 442 g/mol. The first-order valence-electron chi connectivity index (χ1n) is 11.9. The van der Waals surface area contributed by atoms with Crippen LogP contribution in [0.15, 0.2) is 64.2 Å². The third-order valence-electron chi connectivity index (χ3n) is 6.77. The van der Waals surface area contributed by atoms with E-state index in [1.165, 1.54) is 10.2 Å². The molecule has 8 nitrogen and oxygen atoms in total. The maximum atomic E-state index is 13.0. The molecule has 1 aliphatic rings. The number of rotatable bonds is 6. The van der Waals surface area contributed by atoms with Crippen molar-refractivity contribution in [2.75, 3.05) is 25.1 Å². The molecule has 0 aliphatic carbocycles. The smallest absolute Gasteiger partial charge is 0.269 e. The van der Waals surface area contributed by atoms with E-state index < -0.39 is 0 Å². The molecule has 1 fully saturated rings. The van der Waals surface area contributed by atoms with Crippen LogP contribution in [0.3, 0.4) is 0 Å². The molecule has 1 aliphatic heterocycles. The Hall–Kier alpha value is -3.94. The Balaban J connectivity index is 1.30. The van der Waals surface area contributed by atoms with Gasteiger partial charge in [-0.1, -0.05) is 23.4 Å². The van der Waals surface area contributed by atoms with Crippen LogP contribution < -0.4 is 15.2 Å². The molecule has 1 aromatic carbocycles. The number of aromatic nitrogens is 4. The van der Waals surface area contributed by atoms with E-state index in [0.717, 1.165) is 54.2 Å². The van der Waals surface area contributed by atoms with Gasteiger partial charge >= 0.3 is 0 Å². The van der Waals surface area contributed by atoms with E-state index in [-0.39, 0.29) is 12.1 Å². The molecule has 0 unspecified atom stereocenters. The first kappa shape index (κ1) is 22.8. The van der Waals surface area contributed by atoms with Gasteiger partial charge in [-0.05, 0) is 56.4 Å². The van der Waals surface area contributed by atoms with Crippen molar-refractivity contribution in [3.05, 3.63) is 87.8 Å². The van der Waals surface area contributed by atoms with E-state index in [2.05, 4.69) is 32.3 Å². The third kappa shape index (κ3) is 4.69. The van der Waals surface area contributed by atoms with Crippen LogP contribution in [-0.4, -0.2) is 40.1 Å². The molecule has 4 heterocycles. The van der Waals surface area contributed by atoms with Crippen molar-refractivity contribution in [2.45, 2.75) is 39.2 Å². The maximum Gasteiger partial charge on any atom is 0.269 e. The van der Waals surface area contributed by atoms with Gasteiger partial charge in [0.2, 0.25) is 0 Å². The minimum Gasteiger partial charge on any atom is -0.496 e. The van der Waals surface area contributed by atoms with E-state index in [9.17, 15) is 4.79 Å². The Bertz CT molecular complexity index is 1370. The zero-order chi connectivity index (χ0) is 24.4. The number of hydrogen-bond acceptors (Lipinski definition) is 7. The van der Waals surface area contributed by atoms with Gasteiger partial charge in [0, 0.05) is 42.2 Å². The molecule has 180 valence electrons. The minimum atomic E-state index is -0.150. The van der Waals surface area contributed by atoms with Crippen LogP contribution in [0.5, 0.6) is 5.75 Å². The third-order valence-corrected chi connectivity index (χ3v) is 6.77. The molecule has 4 aromatic rings. The highest BCUT2D eigenvalue weighted by Crippen LogP contribution is 2.35. The van der Waals surface area contributed by atoms with Crippen LogP contribution in [0.4, 0.5) is 5.69 Å². The highest BCUT2D eigenvalue weighted by atomic mass is 16.5. The summed E-state index contributed by atoms with van der Waals surface area (Å²) < 4.78 is 12.4. The first-order valence-corrected chi connectivity index (χ1v) is 11.9. The number of pyridine rings is 1. The maximum absolute atomic E-state index is 13.0. The van der Waals surface area contributed by atoms with E-state index in [4.69, 9.17) is 9.26 Å². The highest BCUT2D eigenvalue weighted by Gasteiger charge is 2.24. The van der Waals surface area contributed by atoms with Crippen LogP contribution in [-0.2, 0) is 6.54 Å². The summed E-state index contributed by atoms with van der Waals surface area (Å²) in [5.41, 5.74) is 5.26. The van der Waals surface area contributed by atoms with Crippen molar-refractivity contribution < 1.29 is 9.26 Å². The standard InChI is InChI=1S/C27H29N5O3/c1-18-8-9-21(15-28-18)27-24(19(2)35-30-27)17-32-26(33)14-22(16-29-32)31-12-10-20(11-13-31)23-6-4-5-7-25(23)34-3/h4-9,14-16,20H,10-13,17H2,1-3H3. The second-order valence-electron chi connectivity index (χ2n) is 8.97. The first-order chi connectivity index (χ1) is 17.0. The molecule has 0 radical (unpaired) electrons. The Morgan fingerprint density at radius 3 is 2.60 bits per heavy atom. The fourth-order valence-electron chi connectivity index (χ4n) is 4.73. The summed E-state index contributed by atoms with van der Waals surface area (Å²) in [4.78, 5) is 19.6.